The minimum absolute atomic E-state index is 0.0137. The maximum absolute atomic E-state index is 12.6. The Hall–Kier alpha value is -1.19. The van der Waals surface area contributed by atoms with Gasteiger partial charge in [-0.15, -0.1) is 0 Å². The first-order valence-electron chi connectivity index (χ1n) is 8.91. The maximum Gasteiger partial charge on any atom is 0.217 e. The quantitative estimate of drug-likeness (QED) is 0.755. The standard InChI is InChI=1S/C18H25NO3/c1-9(20)19-12-5-6-13-11(8-12)7-10-3-2-4-14-15(10)16(13)18(22)17(14)21/h10-16H,2-8H2,1H3,(H,19,20). The van der Waals surface area contributed by atoms with Gasteiger partial charge in [0.05, 0.1) is 0 Å². The van der Waals surface area contributed by atoms with E-state index in [4.69, 9.17) is 0 Å². The smallest absolute Gasteiger partial charge is 0.217 e. The highest BCUT2D eigenvalue weighted by Gasteiger charge is 2.60. The lowest BCUT2D eigenvalue weighted by molar-refractivity contribution is -0.138. The zero-order valence-electron chi connectivity index (χ0n) is 13.2. The summed E-state index contributed by atoms with van der Waals surface area (Å²) in [7, 11) is 0. The molecule has 4 aliphatic rings. The lowest BCUT2D eigenvalue weighted by Gasteiger charge is -2.50. The van der Waals surface area contributed by atoms with Crippen LogP contribution >= 0.6 is 0 Å². The second kappa shape index (κ2) is 5.17. The van der Waals surface area contributed by atoms with Gasteiger partial charge in [0, 0.05) is 24.8 Å². The van der Waals surface area contributed by atoms with Crippen molar-refractivity contribution < 1.29 is 14.4 Å². The maximum atomic E-state index is 12.6. The van der Waals surface area contributed by atoms with Crippen molar-refractivity contribution in [1.29, 1.82) is 0 Å². The molecule has 0 aliphatic heterocycles. The van der Waals surface area contributed by atoms with Gasteiger partial charge in [0.2, 0.25) is 17.5 Å². The molecule has 1 N–H and O–H groups in total. The predicted octanol–water partition coefficient (Wildman–Crippen LogP) is 2.11. The van der Waals surface area contributed by atoms with E-state index in [9.17, 15) is 14.4 Å². The average Bonchev–Trinajstić information content (AvgIpc) is 2.74. The summed E-state index contributed by atoms with van der Waals surface area (Å²) in [4.78, 5) is 36.2. The fourth-order valence-corrected chi connectivity index (χ4v) is 6.28. The van der Waals surface area contributed by atoms with Gasteiger partial charge >= 0.3 is 0 Å². The van der Waals surface area contributed by atoms with E-state index in [1.807, 2.05) is 0 Å². The van der Waals surface area contributed by atoms with Gasteiger partial charge in [-0.1, -0.05) is 12.8 Å². The summed E-state index contributed by atoms with van der Waals surface area (Å²) in [5.74, 6) is 1.84. The first-order valence-corrected chi connectivity index (χ1v) is 8.91. The van der Waals surface area contributed by atoms with Crippen molar-refractivity contribution in [2.45, 2.75) is 57.9 Å². The molecule has 4 heteroatoms. The van der Waals surface area contributed by atoms with Crippen LogP contribution in [0.25, 0.3) is 0 Å². The molecule has 4 rings (SSSR count). The number of nitrogens with one attached hydrogen (secondary N) is 1. The van der Waals surface area contributed by atoms with Crippen molar-refractivity contribution in [3.05, 3.63) is 0 Å². The number of ketones is 2. The van der Waals surface area contributed by atoms with Crippen molar-refractivity contribution >= 4 is 17.5 Å². The zero-order chi connectivity index (χ0) is 15.4. The molecule has 0 spiro atoms. The van der Waals surface area contributed by atoms with Crippen LogP contribution in [0.15, 0.2) is 0 Å². The lowest BCUT2D eigenvalue weighted by Crippen LogP contribution is -2.48. The monoisotopic (exact) mass is 303 g/mol. The molecule has 0 heterocycles. The van der Waals surface area contributed by atoms with Gasteiger partial charge in [-0.05, 0) is 55.8 Å². The number of fused-ring (bicyclic) bond motifs is 2. The molecule has 4 nitrogen and oxygen atoms in total. The van der Waals surface area contributed by atoms with Crippen LogP contribution in [-0.4, -0.2) is 23.5 Å². The Bertz CT molecular complexity index is 528. The molecule has 4 aliphatic carbocycles. The van der Waals surface area contributed by atoms with E-state index in [0.29, 0.717) is 23.7 Å². The number of hydrogen-bond acceptors (Lipinski definition) is 3. The normalized spacial score (nSPS) is 46.9. The topological polar surface area (TPSA) is 63.2 Å². The van der Waals surface area contributed by atoms with E-state index in [-0.39, 0.29) is 35.4 Å². The third-order valence-electron chi connectivity index (χ3n) is 6.91. The summed E-state index contributed by atoms with van der Waals surface area (Å²) in [6, 6.07) is 0.266. The molecule has 0 aromatic heterocycles. The molecule has 0 bridgehead atoms. The largest absolute Gasteiger partial charge is 0.354 e. The summed E-state index contributed by atoms with van der Waals surface area (Å²) >= 11 is 0. The Morgan fingerprint density at radius 2 is 1.82 bits per heavy atom. The van der Waals surface area contributed by atoms with E-state index < -0.39 is 0 Å². The molecule has 22 heavy (non-hydrogen) atoms. The molecular weight excluding hydrogens is 278 g/mol. The van der Waals surface area contributed by atoms with Crippen LogP contribution in [0.4, 0.5) is 0 Å². The first kappa shape index (κ1) is 14.4. The van der Waals surface area contributed by atoms with Crippen LogP contribution < -0.4 is 5.32 Å². The van der Waals surface area contributed by atoms with Gasteiger partial charge < -0.3 is 5.32 Å². The summed E-state index contributed by atoms with van der Waals surface area (Å²) in [5, 5.41) is 3.06. The Balaban J connectivity index is 1.58. The highest BCUT2D eigenvalue weighted by molar-refractivity contribution is 6.41. The summed E-state index contributed by atoms with van der Waals surface area (Å²) < 4.78 is 0. The van der Waals surface area contributed by atoms with Gasteiger partial charge in [0.25, 0.3) is 0 Å². The summed E-state index contributed by atoms with van der Waals surface area (Å²) in [6.07, 6.45) is 7.34. The van der Waals surface area contributed by atoms with Crippen LogP contribution in [0.5, 0.6) is 0 Å². The molecule has 0 aromatic rings. The Kier molecular flexibility index (Phi) is 3.39. The molecular formula is C18H25NO3. The molecule has 7 atom stereocenters. The number of carbonyl (C=O) groups excluding carboxylic acids is 3. The fourth-order valence-electron chi connectivity index (χ4n) is 6.28. The van der Waals surface area contributed by atoms with E-state index in [0.717, 1.165) is 32.1 Å². The molecule has 4 saturated carbocycles. The van der Waals surface area contributed by atoms with E-state index in [2.05, 4.69) is 5.32 Å². The predicted molar refractivity (Wildman–Crippen MR) is 80.9 cm³/mol. The Labute approximate surface area is 131 Å². The highest BCUT2D eigenvalue weighted by Crippen LogP contribution is 2.58. The number of rotatable bonds is 1. The van der Waals surface area contributed by atoms with Gasteiger partial charge in [-0.3, -0.25) is 14.4 Å². The number of Topliss-reactive ketones (excluding diaryl/α,β-unsaturated/α-hetero) is 2. The second-order valence-corrected chi connectivity index (χ2v) is 8.00. The molecule has 120 valence electrons. The van der Waals surface area contributed by atoms with Crippen molar-refractivity contribution in [1.82, 2.24) is 5.32 Å². The van der Waals surface area contributed by atoms with Crippen molar-refractivity contribution in [3.63, 3.8) is 0 Å². The van der Waals surface area contributed by atoms with E-state index in [1.165, 1.54) is 12.8 Å². The minimum Gasteiger partial charge on any atom is -0.354 e. The molecule has 4 fully saturated rings. The third kappa shape index (κ3) is 2.06. The first-order chi connectivity index (χ1) is 10.6. The molecule has 7 unspecified atom stereocenters. The minimum atomic E-state index is -0.0515. The molecule has 0 aromatic carbocycles. The van der Waals surface area contributed by atoms with Gasteiger partial charge in [0.15, 0.2) is 0 Å². The number of hydrogen-bond donors (Lipinski definition) is 1. The van der Waals surface area contributed by atoms with Crippen LogP contribution in [0, 0.1) is 35.5 Å². The van der Waals surface area contributed by atoms with E-state index >= 15 is 0 Å². The van der Waals surface area contributed by atoms with Crippen molar-refractivity contribution in [2.75, 3.05) is 0 Å². The van der Waals surface area contributed by atoms with Crippen LogP contribution in [-0.2, 0) is 14.4 Å². The number of amides is 1. The lowest BCUT2D eigenvalue weighted by atomic mass is 9.54. The van der Waals surface area contributed by atoms with Crippen LogP contribution in [0.3, 0.4) is 0 Å². The van der Waals surface area contributed by atoms with Crippen LogP contribution in [0.1, 0.15) is 51.9 Å². The highest BCUT2D eigenvalue weighted by atomic mass is 16.2. The van der Waals surface area contributed by atoms with Gasteiger partial charge in [-0.25, -0.2) is 0 Å². The van der Waals surface area contributed by atoms with Gasteiger partial charge in [0.1, 0.15) is 0 Å². The second-order valence-electron chi connectivity index (χ2n) is 8.00. The van der Waals surface area contributed by atoms with Gasteiger partial charge in [-0.2, -0.15) is 0 Å². The summed E-state index contributed by atoms with van der Waals surface area (Å²) in [5.41, 5.74) is 0. The van der Waals surface area contributed by atoms with E-state index in [1.54, 1.807) is 6.92 Å². The Morgan fingerprint density at radius 1 is 1.00 bits per heavy atom. The molecule has 0 saturated heterocycles. The number of carbonyl (C=O) groups is 3. The summed E-state index contributed by atoms with van der Waals surface area (Å²) in [6.45, 7) is 1.58. The van der Waals surface area contributed by atoms with Crippen molar-refractivity contribution in [2.24, 2.45) is 35.5 Å². The SMILES string of the molecule is CC(=O)NC1CCC2C(C1)CC1CCCC3C(=O)C(=O)C2C13. The fraction of sp³-hybridized carbons (Fsp3) is 0.833. The molecule has 0 radical (unpaired) electrons. The van der Waals surface area contributed by atoms with Crippen molar-refractivity contribution in [3.8, 4) is 0 Å². The Morgan fingerprint density at radius 3 is 2.59 bits per heavy atom. The average molecular weight is 303 g/mol. The third-order valence-corrected chi connectivity index (χ3v) is 6.91. The van der Waals surface area contributed by atoms with Crippen LogP contribution in [0.2, 0.25) is 0 Å². The molecule has 1 amide bonds. The zero-order valence-corrected chi connectivity index (χ0v) is 13.2.